The Bertz CT molecular complexity index is 303. The summed E-state index contributed by atoms with van der Waals surface area (Å²) in [5, 5.41) is 0. The van der Waals surface area contributed by atoms with Crippen LogP contribution < -0.4 is 0 Å². The quantitative estimate of drug-likeness (QED) is 0.462. The van der Waals surface area contributed by atoms with Crippen LogP contribution in [0.4, 0.5) is 0 Å². The summed E-state index contributed by atoms with van der Waals surface area (Å²) in [6.07, 6.45) is 5.46. The van der Waals surface area contributed by atoms with E-state index in [4.69, 9.17) is 0 Å². The monoisotopic (exact) mass is 205 g/mol. The first-order valence-corrected chi connectivity index (χ1v) is 5.36. The summed E-state index contributed by atoms with van der Waals surface area (Å²) >= 11 is 0. The van der Waals surface area contributed by atoms with Gasteiger partial charge in [-0.25, -0.2) is 0 Å². The highest BCUT2D eigenvalue weighted by Crippen LogP contribution is 2.23. The maximum absolute atomic E-state index is 3.99. The van der Waals surface area contributed by atoms with Crippen LogP contribution in [0.2, 0.25) is 0 Å². The molecule has 0 spiro atoms. The maximum atomic E-state index is 3.99. The van der Waals surface area contributed by atoms with E-state index in [0.29, 0.717) is 0 Å². The third kappa shape index (κ3) is 4.78. The molecular formula is C14H23N. The summed E-state index contributed by atoms with van der Waals surface area (Å²) in [4.78, 5) is 3.99. The predicted molar refractivity (Wildman–Crippen MR) is 70.3 cm³/mol. The standard InChI is InChI=1S/C14H23N/c1-8-14(5,6)10-9-12(4)13(15-7)11(2)3/h9-10H,2,7-8H2,1,3-6H3/b10-9-,13-12-. The molecule has 0 atom stereocenters. The summed E-state index contributed by atoms with van der Waals surface area (Å²) in [7, 11) is 0. The average Bonchev–Trinajstić information content (AvgIpc) is 2.15. The Morgan fingerprint density at radius 1 is 1.33 bits per heavy atom. The SMILES string of the molecule is C=N/C(C(=C)C)=C(C)\C=C/C(C)(C)CC. The van der Waals surface area contributed by atoms with Crippen molar-refractivity contribution in [3.63, 3.8) is 0 Å². The summed E-state index contributed by atoms with van der Waals surface area (Å²) in [6, 6.07) is 0. The summed E-state index contributed by atoms with van der Waals surface area (Å²) in [6.45, 7) is 18.1. The average molecular weight is 205 g/mol. The second-order valence-corrected chi connectivity index (χ2v) is 4.65. The van der Waals surface area contributed by atoms with E-state index in [1.54, 1.807) is 0 Å². The summed E-state index contributed by atoms with van der Waals surface area (Å²) in [5.41, 5.74) is 3.22. The second-order valence-electron chi connectivity index (χ2n) is 4.65. The molecule has 0 aliphatic carbocycles. The van der Waals surface area contributed by atoms with Crippen molar-refractivity contribution in [2.45, 2.75) is 41.0 Å². The third-order valence-electron chi connectivity index (χ3n) is 2.63. The number of nitrogens with zero attached hydrogens (tertiary/aromatic N) is 1. The highest BCUT2D eigenvalue weighted by molar-refractivity contribution is 5.42. The first-order valence-electron chi connectivity index (χ1n) is 5.36. The fourth-order valence-electron chi connectivity index (χ4n) is 1.14. The van der Waals surface area contributed by atoms with Crippen molar-refractivity contribution >= 4 is 6.72 Å². The van der Waals surface area contributed by atoms with Crippen molar-refractivity contribution < 1.29 is 0 Å². The molecule has 0 rings (SSSR count). The molecule has 0 amide bonds. The van der Waals surface area contributed by atoms with E-state index in [-0.39, 0.29) is 5.41 Å². The molecule has 0 unspecified atom stereocenters. The Morgan fingerprint density at radius 3 is 2.20 bits per heavy atom. The Kier molecular flexibility index (Phi) is 5.27. The smallest absolute Gasteiger partial charge is 0.0674 e. The highest BCUT2D eigenvalue weighted by Gasteiger charge is 2.09. The molecule has 0 aliphatic heterocycles. The zero-order chi connectivity index (χ0) is 12.1. The Morgan fingerprint density at radius 2 is 1.87 bits per heavy atom. The molecule has 15 heavy (non-hydrogen) atoms. The van der Waals surface area contributed by atoms with Crippen LogP contribution in [0.5, 0.6) is 0 Å². The number of rotatable bonds is 5. The topological polar surface area (TPSA) is 12.4 Å². The van der Waals surface area contributed by atoms with Crippen LogP contribution in [0.25, 0.3) is 0 Å². The van der Waals surface area contributed by atoms with Crippen molar-refractivity contribution in [2.24, 2.45) is 10.4 Å². The lowest BCUT2D eigenvalue weighted by Gasteiger charge is -2.17. The van der Waals surface area contributed by atoms with Crippen LogP contribution >= 0.6 is 0 Å². The maximum Gasteiger partial charge on any atom is 0.0674 e. The zero-order valence-electron chi connectivity index (χ0n) is 10.7. The molecule has 0 radical (unpaired) electrons. The minimum absolute atomic E-state index is 0.239. The minimum Gasteiger partial charge on any atom is -0.264 e. The van der Waals surface area contributed by atoms with Crippen LogP contribution in [0.1, 0.15) is 41.0 Å². The Hall–Kier alpha value is -1.11. The Balaban J connectivity index is 4.95. The van der Waals surface area contributed by atoms with Crippen LogP contribution in [0.3, 0.4) is 0 Å². The number of hydrogen-bond donors (Lipinski definition) is 0. The molecule has 0 fully saturated rings. The molecule has 0 aliphatic rings. The lowest BCUT2D eigenvalue weighted by atomic mass is 9.89. The molecule has 0 aromatic rings. The molecule has 0 N–H and O–H groups in total. The largest absolute Gasteiger partial charge is 0.264 e. The third-order valence-corrected chi connectivity index (χ3v) is 2.63. The van der Waals surface area contributed by atoms with Gasteiger partial charge in [-0.1, -0.05) is 39.5 Å². The van der Waals surface area contributed by atoms with Crippen molar-refractivity contribution in [1.29, 1.82) is 0 Å². The van der Waals surface area contributed by atoms with Gasteiger partial charge in [0.15, 0.2) is 0 Å². The van der Waals surface area contributed by atoms with E-state index in [2.05, 4.69) is 51.2 Å². The van der Waals surface area contributed by atoms with Gasteiger partial charge in [-0.15, -0.1) is 0 Å². The molecule has 0 aromatic carbocycles. The van der Waals surface area contributed by atoms with Crippen molar-refractivity contribution in [2.75, 3.05) is 0 Å². The second kappa shape index (κ2) is 5.69. The lowest BCUT2D eigenvalue weighted by Crippen LogP contribution is -2.04. The van der Waals surface area contributed by atoms with Gasteiger partial charge in [-0.2, -0.15) is 0 Å². The molecule has 0 heterocycles. The van der Waals surface area contributed by atoms with Crippen LogP contribution in [-0.2, 0) is 0 Å². The van der Waals surface area contributed by atoms with Crippen LogP contribution in [0.15, 0.2) is 40.6 Å². The normalized spacial score (nSPS) is 13.9. The van der Waals surface area contributed by atoms with Gasteiger partial charge in [-0.3, -0.25) is 4.99 Å². The van der Waals surface area contributed by atoms with E-state index in [1.807, 2.05) is 13.8 Å². The van der Waals surface area contributed by atoms with Crippen LogP contribution in [-0.4, -0.2) is 6.72 Å². The van der Waals surface area contributed by atoms with Gasteiger partial charge in [0, 0.05) is 0 Å². The molecular weight excluding hydrogens is 182 g/mol. The van der Waals surface area contributed by atoms with Gasteiger partial charge in [0.2, 0.25) is 0 Å². The fourth-order valence-corrected chi connectivity index (χ4v) is 1.14. The van der Waals surface area contributed by atoms with E-state index in [0.717, 1.165) is 23.3 Å². The van der Waals surface area contributed by atoms with Crippen LogP contribution in [0, 0.1) is 5.41 Å². The fraction of sp³-hybridized carbons (Fsp3) is 0.500. The summed E-state index contributed by atoms with van der Waals surface area (Å²) < 4.78 is 0. The van der Waals surface area contributed by atoms with Gasteiger partial charge < -0.3 is 0 Å². The van der Waals surface area contributed by atoms with Crippen molar-refractivity contribution in [3.8, 4) is 0 Å². The van der Waals surface area contributed by atoms with E-state index >= 15 is 0 Å². The van der Waals surface area contributed by atoms with Crippen molar-refractivity contribution in [1.82, 2.24) is 0 Å². The van der Waals surface area contributed by atoms with Gasteiger partial charge in [0.1, 0.15) is 0 Å². The number of aliphatic imine (C=N–C) groups is 1. The number of hydrogen-bond acceptors (Lipinski definition) is 1. The zero-order valence-corrected chi connectivity index (χ0v) is 10.7. The molecule has 0 bridgehead atoms. The molecule has 84 valence electrons. The minimum atomic E-state index is 0.239. The van der Waals surface area contributed by atoms with Gasteiger partial charge in [-0.05, 0) is 43.5 Å². The van der Waals surface area contributed by atoms with E-state index in [1.165, 1.54) is 0 Å². The van der Waals surface area contributed by atoms with Gasteiger partial charge in [0.05, 0.1) is 5.70 Å². The van der Waals surface area contributed by atoms with E-state index in [9.17, 15) is 0 Å². The molecule has 0 aromatic heterocycles. The van der Waals surface area contributed by atoms with Gasteiger partial charge >= 0.3 is 0 Å². The Labute approximate surface area is 94.3 Å². The first kappa shape index (κ1) is 13.9. The predicted octanol–water partition coefficient (Wildman–Crippen LogP) is 4.53. The van der Waals surface area contributed by atoms with Crippen molar-refractivity contribution in [3.05, 3.63) is 35.6 Å². The molecule has 1 heteroatoms. The van der Waals surface area contributed by atoms with Gasteiger partial charge in [0.25, 0.3) is 0 Å². The number of allylic oxidation sites excluding steroid dienone is 4. The molecule has 0 saturated carbocycles. The van der Waals surface area contributed by atoms with E-state index < -0.39 is 0 Å². The lowest BCUT2D eigenvalue weighted by molar-refractivity contribution is 0.462. The summed E-state index contributed by atoms with van der Waals surface area (Å²) in [5.74, 6) is 0. The highest BCUT2D eigenvalue weighted by atomic mass is 14.7. The first-order chi connectivity index (χ1) is 6.84. The molecule has 1 nitrogen and oxygen atoms in total. The molecule has 0 saturated heterocycles.